The Hall–Kier alpha value is -1.09. The Bertz CT molecular complexity index is 289. The molecule has 0 aliphatic heterocycles. The minimum absolute atomic E-state index is 0.486. The van der Waals surface area contributed by atoms with Crippen LogP contribution in [0.4, 0.5) is 0 Å². The molecule has 0 aliphatic rings. The average Bonchev–Trinajstić information content (AvgIpc) is 2.16. The summed E-state index contributed by atoms with van der Waals surface area (Å²) in [6, 6.07) is 4.87. The molecule has 1 aromatic carbocycles. The first kappa shape index (κ1) is 9.99. The van der Waals surface area contributed by atoms with Crippen LogP contribution in [0.5, 0.6) is 11.5 Å². The van der Waals surface area contributed by atoms with Gasteiger partial charge in [0.05, 0.1) is 7.11 Å². The zero-order valence-electron chi connectivity index (χ0n) is 8.07. The van der Waals surface area contributed by atoms with E-state index < -0.39 is 6.00 Å². The van der Waals surface area contributed by atoms with Crippen LogP contribution < -0.4 is 9.39 Å². The van der Waals surface area contributed by atoms with Gasteiger partial charge in [0.15, 0.2) is 5.75 Å². The number of hydrogen-bond donors (Lipinski definition) is 1. The van der Waals surface area contributed by atoms with Crippen molar-refractivity contribution < 1.29 is 14.5 Å². The van der Waals surface area contributed by atoms with Gasteiger partial charge in [-0.2, -0.15) is 0 Å². The van der Waals surface area contributed by atoms with Gasteiger partial charge in [-0.25, -0.2) is 0 Å². The monoisotopic (exact) mass is 178 g/mol. The van der Waals surface area contributed by atoms with Crippen LogP contribution in [0, 0.1) is 0 Å². The highest BCUT2D eigenvalue weighted by Crippen LogP contribution is 2.28. The maximum Gasteiger partial charge on any atom is 0.322 e. The summed E-state index contributed by atoms with van der Waals surface area (Å²) in [7, 11) is 4.87. The Kier molecular flexibility index (Phi) is 3.25. The van der Waals surface area contributed by atoms with Gasteiger partial charge in [0.1, 0.15) is 13.6 Å². The predicted octanol–water partition coefficient (Wildman–Crippen LogP) is -0.754. The predicted molar refractivity (Wildman–Crippen MR) is 55.7 cm³/mol. The van der Waals surface area contributed by atoms with Gasteiger partial charge < -0.3 is 14.5 Å². The SMILES string of the molecule is BOc1ccc(C(B)O)cc1OC. The summed E-state index contributed by atoms with van der Waals surface area (Å²) < 4.78 is 10.2. The fraction of sp³-hybridized carbons (Fsp3) is 0.250. The van der Waals surface area contributed by atoms with E-state index in [1.165, 1.54) is 0 Å². The third-order valence-corrected chi connectivity index (χ3v) is 1.89. The Morgan fingerprint density at radius 1 is 1.38 bits per heavy atom. The van der Waals surface area contributed by atoms with Crippen LogP contribution in [0.2, 0.25) is 0 Å². The van der Waals surface area contributed by atoms with Crippen molar-refractivity contribution in [2.24, 2.45) is 0 Å². The van der Waals surface area contributed by atoms with Crippen LogP contribution in [0.3, 0.4) is 0 Å². The highest BCUT2D eigenvalue weighted by Gasteiger charge is 2.06. The third kappa shape index (κ3) is 2.18. The molecule has 5 heteroatoms. The zero-order chi connectivity index (χ0) is 9.84. The second kappa shape index (κ2) is 4.23. The van der Waals surface area contributed by atoms with Crippen molar-refractivity contribution in [1.82, 2.24) is 0 Å². The van der Waals surface area contributed by atoms with Gasteiger partial charge in [-0.05, 0) is 17.7 Å². The Balaban J connectivity index is 3.05. The van der Waals surface area contributed by atoms with Gasteiger partial charge >= 0.3 is 8.05 Å². The minimum Gasteiger partial charge on any atom is -0.565 e. The lowest BCUT2D eigenvalue weighted by Crippen LogP contribution is -1.98. The number of aliphatic hydroxyl groups is 1. The first-order valence-electron chi connectivity index (χ1n) is 4.09. The van der Waals surface area contributed by atoms with E-state index in [1.54, 1.807) is 35.1 Å². The van der Waals surface area contributed by atoms with Crippen LogP contribution in [0.25, 0.3) is 0 Å². The first-order chi connectivity index (χ1) is 6.19. The van der Waals surface area contributed by atoms with Crippen LogP contribution in [-0.2, 0) is 0 Å². The topological polar surface area (TPSA) is 38.7 Å². The normalized spacial score (nSPS) is 12.2. The van der Waals surface area contributed by atoms with Crippen LogP contribution in [0.15, 0.2) is 18.2 Å². The first-order valence-corrected chi connectivity index (χ1v) is 4.09. The molecule has 3 nitrogen and oxygen atoms in total. The molecule has 1 unspecified atom stereocenters. The highest BCUT2D eigenvalue weighted by molar-refractivity contribution is 6.11. The maximum absolute atomic E-state index is 9.31. The van der Waals surface area contributed by atoms with Crippen LogP contribution >= 0.6 is 0 Å². The van der Waals surface area contributed by atoms with Crippen LogP contribution in [-0.4, -0.2) is 28.1 Å². The lowest BCUT2D eigenvalue weighted by molar-refractivity contribution is 0.261. The summed E-state index contributed by atoms with van der Waals surface area (Å²) in [5, 5.41) is 9.31. The van der Waals surface area contributed by atoms with E-state index in [0.717, 1.165) is 5.56 Å². The Morgan fingerprint density at radius 3 is 2.54 bits per heavy atom. The number of methoxy groups -OCH3 is 1. The molecule has 1 atom stereocenters. The quantitative estimate of drug-likeness (QED) is 0.618. The number of benzene rings is 1. The Morgan fingerprint density at radius 2 is 2.08 bits per heavy atom. The standard InChI is InChI=1S/C8H12B2O3/c1-12-7-4-5(8(9)11)2-3-6(7)13-10/h2-4,8,11H,9-10H2,1H3. The minimum atomic E-state index is -0.486. The second-order valence-corrected chi connectivity index (χ2v) is 2.79. The summed E-state index contributed by atoms with van der Waals surface area (Å²) in [6.07, 6.45) is 0. The fourth-order valence-corrected chi connectivity index (χ4v) is 1.11. The largest absolute Gasteiger partial charge is 0.565 e. The van der Waals surface area contributed by atoms with Crippen molar-refractivity contribution in [3.05, 3.63) is 23.8 Å². The molecule has 0 bridgehead atoms. The fourth-order valence-electron chi connectivity index (χ4n) is 1.11. The lowest BCUT2D eigenvalue weighted by Gasteiger charge is -2.11. The summed E-state index contributed by atoms with van der Waals surface area (Å²) in [4.78, 5) is 0. The summed E-state index contributed by atoms with van der Waals surface area (Å²) in [6.45, 7) is 0. The molecule has 0 amide bonds. The van der Waals surface area contributed by atoms with Gasteiger partial charge in [0.2, 0.25) is 0 Å². The molecule has 0 aromatic heterocycles. The molecule has 1 aromatic rings. The highest BCUT2D eigenvalue weighted by atomic mass is 16.5. The van der Waals surface area contributed by atoms with E-state index in [-0.39, 0.29) is 0 Å². The molecule has 1 N–H and O–H groups in total. The second-order valence-electron chi connectivity index (χ2n) is 2.79. The van der Waals surface area contributed by atoms with E-state index in [0.29, 0.717) is 11.5 Å². The van der Waals surface area contributed by atoms with Crippen molar-refractivity contribution in [3.8, 4) is 11.5 Å². The molecule has 0 fully saturated rings. The number of rotatable bonds is 3. The number of aliphatic hydroxyl groups excluding tert-OH is 1. The van der Waals surface area contributed by atoms with Gasteiger partial charge in [0.25, 0.3) is 0 Å². The summed E-state index contributed by atoms with van der Waals surface area (Å²) in [5.41, 5.74) is 0.817. The van der Waals surface area contributed by atoms with Crippen molar-refractivity contribution in [2.75, 3.05) is 7.11 Å². The van der Waals surface area contributed by atoms with Crippen molar-refractivity contribution in [2.45, 2.75) is 6.00 Å². The van der Waals surface area contributed by atoms with Gasteiger partial charge in [0, 0.05) is 6.00 Å². The molecule has 0 saturated heterocycles. The van der Waals surface area contributed by atoms with Gasteiger partial charge in [-0.1, -0.05) is 6.07 Å². The Labute approximate surface area is 79.5 Å². The molecular formula is C8H12B2O3. The molecule has 68 valence electrons. The molecule has 0 aliphatic carbocycles. The molecule has 1 rings (SSSR count). The smallest absolute Gasteiger partial charge is 0.322 e. The van der Waals surface area contributed by atoms with E-state index >= 15 is 0 Å². The average molecular weight is 178 g/mol. The molecule has 0 spiro atoms. The van der Waals surface area contributed by atoms with E-state index in [1.807, 2.05) is 6.07 Å². The zero-order valence-corrected chi connectivity index (χ0v) is 8.07. The number of hydrogen-bond acceptors (Lipinski definition) is 3. The molecule has 0 radical (unpaired) electrons. The van der Waals surface area contributed by atoms with Crippen LogP contribution in [0.1, 0.15) is 11.6 Å². The van der Waals surface area contributed by atoms with Crippen molar-refractivity contribution in [3.63, 3.8) is 0 Å². The van der Waals surface area contributed by atoms with E-state index in [4.69, 9.17) is 9.39 Å². The molecule has 0 saturated carbocycles. The van der Waals surface area contributed by atoms with Gasteiger partial charge in [-0.15, -0.1) is 0 Å². The lowest BCUT2D eigenvalue weighted by atomic mass is 9.92. The molecule has 13 heavy (non-hydrogen) atoms. The van der Waals surface area contributed by atoms with Gasteiger partial charge in [-0.3, -0.25) is 0 Å². The summed E-state index contributed by atoms with van der Waals surface area (Å²) >= 11 is 0. The maximum atomic E-state index is 9.31. The van der Waals surface area contributed by atoms with E-state index in [2.05, 4.69) is 0 Å². The number of ether oxygens (including phenoxy) is 1. The summed E-state index contributed by atoms with van der Waals surface area (Å²) in [5.74, 6) is 1.31. The van der Waals surface area contributed by atoms with Crippen molar-refractivity contribution in [1.29, 1.82) is 0 Å². The van der Waals surface area contributed by atoms with E-state index in [9.17, 15) is 5.11 Å². The molecular weight excluding hydrogens is 166 g/mol. The van der Waals surface area contributed by atoms with Crippen molar-refractivity contribution >= 4 is 15.9 Å². The third-order valence-electron chi connectivity index (χ3n) is 1.89. The molecule has 0 heterocycles.